The third kappa shape index (κ3) is 5.34. The van der Waals surface area contributed by atoms with Gasteiger partial charge in [-0.1, -0.05) is 16.7 Å². The molecular formula is C21H23ClN10O5. The van der Waals surface area contributed by atoms with Crippen molar-refractivity contribution in [2.24, 2.45) is 5.11 Å². The lowest BCUT2D eigenvalue weighted by atomic mass is 10.1. The number of carbonyl (C=O) groups is 2. The maximum Gasteiger partial charge on any atom is 0.257 e. The molecule has 1 aliphatic heterocycles. The monoisotopic (exact) mass is 530 g/mol. The van der Waals surface area contributed by atoms with Crippen molar-refractivity contribution in [1.29, 1.82) is 0 Å². The van der Waals surface area contributed by atoms with Crippen LogP contribution in [-0.2, 0) is 20.9 Å². The van der Waals surface area contributed by atoms with Gasteiger partial charge in [0, 0.05) is 36.1 Å². The zero-order valence-electron chi connectivity index (χ0n) is 19.7. The van der Waals surface area contributed by atoms with Crippen LogP contribution in [-0.4, -0.2) is 75.4 Å². The normalized spacial score (nSPS) is 20.8. The molecule has 0 bridgehead atoms. The summed E-state index contributed by atoms with van der Waals surface area (Å²) in [5.74, 6) is -0.00283. The highest BCUT2D eigenvalue weighted by atomic mass is 35.5. The quantitative estimate of drug-likeness (QED) is 0.176. The minimum absolute atomic E-state index is 0.162. The summed E-state index contributed by atoms with van der Waals surface area (Å²) < 4.78 is 12.8. The van der Waals surface area contributed by atoms with Crippen LogP contribution in [0.15, 0.2) is 36.0 Å². The fraction of sp³-hybridized carbons (Fsp3) is 0.381. The van der Waals surface area contributed by atoms with Gasteiger partial charge in [-0.25, -0.2) is 15.0 Å². The van der Waals surface area contributed by atoms with Crippen molar-refractivity contribution in [1.82, 2.24) is 30.2 Å². The number of aliphatic hydroxyl groups is 1. The Kier molecular flexibility index (Phi) is 7.89. The van der Waals surface area contributed by atoms with Gasteiger partial charge in [0.2, 0.25) is 5.91 Å². The number of benzene rings is 1. The molecule has 2 aromatic heterocycles. The number of imidazole rings is 1. The van der Waals surface area contributed by atoms with E-state index in [0.29, 0.717) is 33.3 Å². The fourth-order valence-corrected chi connectivity index (χ4v) is 4.02. The molecule has 4 N–H and O–H groups in total. The second kappa shape index (κ2) is 11.3. The summed E-state index contributed by atoms with van der Waals surface area (Å²) in [6.45, 7) is 0.0633. The lowest BCUT2D eigenvalue weighted by molar-refractivity contribution is -0.134. The number of hydrogen-bond donors (Lipinski definition) is 4. The smallest absolute Gasteiger partial charge is 0.257 e. The Morgan fingerprint density at radius 2 is 2.11 bits per heavy atom. The molecule has 1 aromatic carbocycles. The Bertz CT molecular complexity index is 1360. The summed E-state index contributed by atoms with van der Waals surface area (Å²) in [7, 11) is 2.92. The van der Waals surface area contributed by atoms with Gasteiger partial charge in [0.15, 0.2) is 29.8 Å². The van der Waals surface area contributed by atoms with E-state index >= 15 is 0 Å². The highest BCUT2D eigenvalue weighted by Crippen LogP contribution is 2.34. The van der Waals surface area contributed by atoms with Crippen molar-refractivity contribution >= 4 is 40.4 Å². The summed E-state index contributed by atoms with van der Waals surface area (Å²) >= 11 is 6.15. The number of azide groups is 1. The molecule has 1 saturated heterocycles. The van der Waals surface area contributed by atoms with Gasteiger partial charge in [-0.3, -0.25) is 14.2 Å². The predicted molar refractivity (Wildman–Crippen MR) is 131 cm³/mol. The molecular weight excluding hydrogens is 508 g/mol. The molecule has 16 heteroatoms. The van der Waals surface area contributed by atoms with E-state index in [1.807, 2.05) is 0 Å². The third-order valence-electron chi connectivity index (χ3n) is 5.67. The standard InChI is InChI=1S/C21H23ClN10O5/c1-24-13(33)7-36-12-4-3-11(22)5-10(12)6-26-18-15-19(28-8-27-18)32(9-29-15)21-16(34)14(30-31-23)17(37-21)20(35)25-2/h3-5,8-9,14,16-17,21,34H,6-7H2,1-2H3,(H,24,33)(H,25,35)(H,26,27,28)/t14-,16+,17-,21+/m0/s1. The van der Waals surface area contributed by atoms with E-state index in [1.54, 1.807) is 18.2 Å². The van der Waals surface area contributed by atoms with Gasteiger partial charge in [-0.05, 0) is 23.7 Å². The van der Waals surface area contributed by atoms with Crippen LogP contribution in [0.2, 0.25) is 5.02 Å². The van der Waals surface area contributed by atoms with Crippen LogP contribution in [0, 0.1) is 0 Å². The predicted octanol–water partition coefficient (Wildman–Crippen LogP) is 0.900. The van der Waals surface area contributed by atoms with E-state index in [0.717, 1.165) is 0 Å². The van der Waals surface area contributed by atoms with Crippen LogP contribution in [0.1, 0.15) is 11.8 Å². The number of fused-ring (bicyclic) bond motifs is 1. The summed E-state index contributed by atoms with van der Waals surface area (Å²) in [4.78, 5) is 39.4. The van der Waals surface area contributed by atoms with Crippen LogP contribution in [0.25, 0.3) is 21.6 Å². The van der Waals surface area contributed by atoms with E-state index < -0.39 is 30.4 Å². The molecule has 0 saturated carbocycles. The molecule has 4 atom stereocenters. The zero-order chi connectivity index (χ0) is 26.5. The lowest BCUT2D eigenvalue weighted by Gasteiger charge is -2.17. The maximum absolute atomic E-state index is 12.2. The van der Waals surface area contributed by atoms with E-state index in [9.17, 15) is 14.7 Å². The lowest BCUT2D eigenvalue weighted by Crippen LogP contribution is -2.40. The number of ether oxygens (including phenoxy) is 2. The fourth-order valence-electron chi connectivity index (χ4n) is 3.83. The molecule has 1 aliphatic rings. The topological polar surface area (TPSA) is 201 Å². The van der Waals surface area contributed by atoms with Crippen LogP contribution in [0.5, 0.6) is 5.75 Å². The second-order valence-corrected chi connectivity index (χ2v) is 8.30. The number of amides is 2. The van der Waals surface area contributed by atoms with Crippen molar-refractivity contribution in [2.75, 3.05) is 26.0 Å². The Morgan fingerprint density at radius 3 is 2.84 bits per heavy atom. The molecule has 15 nitrogen and oxygen atoms in total. The summed E-state index contributed by atoms with van der Waals surface area (Å²) in [5.41, 5.74) is 10.2. The van der Waals surface area contributed by atoms with E-state index in [4.69, 9.17) is 26.6 Å². The van der Waals surface area contributed by atoms with Gasteiger partial charge in [0.05, 0.1) is 6.33 Å². The maximum atomic E-state index is 12.2. The first kappa shape index (κ1) is 25.9. The molecule has 0 aliphatic carbocycles. The molecule has 2 amide bonds. The molecule has 0 unspecified atom stereocenters. The Balaban J connectivity index is 1.58. The zero-order valence-corrected chi connectivity index (χ0v) is 20.5. The average molecular weight is 531 g/mol. The number of halogens is 1. The molecule has 0 radical (unpaired) electrons. The number of aliphatic hydroxyl groups excluding tert-OH is 1. The van der Waals surface area contributed by atoms with Gasteiger partial charge in [-0.2, -0.15) is 0 Å². The van der Waals surface area contributed by atoms with Gasteiger partial charge in [0.25, 0.3) is 5.91 Å². The summed E-state index contributed by atoms with van der Waals surface area (Å²) in [6, 6.07) is 3.86. The number of rotatable bonds is 9. The largest absolute Gasteiger partial charge is 0.483 e. The highest BCUT2D eigenvalue weighted by molar-refractivity contribution is 6.30. The Hall–Kier alpha value is -4.17. The van der Waals surface area contributed by atoms with Crippen molar-refractivity contribution in [2.45, 2.75) is 31.0 Å². The minimum atomic E-state index is -1.34. The second-order valence-electron chi connectivity index (χ2n) is 7.86. The van der Waals surface area contributed by atoms with E-state index in [1.165, 1.54) is 31.3 Å². The highest BCUT2D eigenvalue weighted by Gasteiger charge is 2.48. The van der Waals surface area contributed by atoms with Crippen molar-refractivity contribution < 1.29 is 24.2 Å². The molecule has 194 valence electrons. The number of anilines is 1. The number of likely N-dealkylation sites (N-methyl/N-ethyl adjacent to an activating group) is 2. The van der Waals surface area contributed by atoms with Gasteiger partial charge in [-0.15, -0.1) is 0 Å². The molecule has 4 rings (SSSR count). The van der Waals surface area contributed by atoms with E-state index in [-0.39, 0.29) is 19.1 Å². The minimum Gasteiger partial charge on any atom is -0.483 e. The van der Waals surface area contributed by atoms with Crippen molar-refractivity contribution in [3.05, 3.63) is 51.9 Å². The van der Waals surface area contributed by atoms with Crippen LogP contribution in [0.4, 0.5) is 5.82 Å². The molecule has 3 heterocycles. The van der Waals surface area contributed by atoms with Gasteiger partial charge >= 0.3 is 0 Å². The van der Waals surface area contributed by atoms with Crippen LogP contribution in [0.3, 0.4) is 0 Å². The SMILES string of the molecule is CNC(=O)COc1ccc(Cl)cc1CNc1ncnc2c1ncn2[C@@H]1O[C@H](C(=O)NC)[C@@H](N=[N+]=[N-])[C@H]1O. The van der Waals surface area contributed by atoms with Gasteiger partial charge in [0.1, 0.15) is 30.3 Å². The number of aromatic nitrogens is 4. The average Bonchev–Trinajstić information content (AvgIpc) is 3.47. The summed E-state index contributed by atoms with van der Waals surface area (Å²) in [6.07, 6.45) is -0.952. The summed E-state index contributed by atoms with van der Waals surface area (Å²) in [5, 5.41) is 22.9. The molecule has 37 heavy (non-hydrogen) atoms. The van der Waals surface area contributed by atoms with Gasteiger partial charge < -0.3 is 30.5 Å². The molecule has 1 fully saturated rings. The van der Waals surface area contributed by atoms with Crippen LogP contribution >= 0.6 is 11.6 Å². The van der Waals surface area contributed by atoms with E-state index in [2.05, 4.69) is 40.9 Å². The molecule has 3 aromatic rings. The van der Waals surface area contributed by atoms with Crippen molar-refractivity contribution in [3.8, 4) is 5.75 Å². The van der Waals surface area contributed by atoms with Crippen molar-refractivity contribution in [3.63, 3.8) is 0 Å². The first-order valence-corrected chi connectivity index (χ1v) is 11.4. The molecule has 0 spiro atoms. The third-order valence-corrected chi connectivity index (χ3v) is 5.90. The Morgan fingerprint density at radius 1 is 1.30 bits per heavy atom. The number of nitrogens with zero attached hydrogens (tertiary/aromatic N) is 7. The first-order chi connectivity index (χ1) is 17.9. The number of nitrogens with one attached hydrogen (secondary N) is 3. The first-order valence-electron chi connectivity index (χ1n) is 11.0. The number of hydrogen-bond acceptors (Lipinski definition) is 10. The Labute approximate surface area is 214 Å². The van der Waals surface area contributed by atoms with Crippen LogP contribution < -0.4 is 20.7 Å². The number of carbonyl (C=O) groups excluding carboxylic acids is 2.